The SMILES string of the molecule is CCC[C@@H]1CC2=C(C(=O)OC2=O)[C@H](CO)C[C@@H](O)C2=C1C(=O)OC2=O. The summed E-state index contributed by atoms with van der Waals surface area (Å²) in [6, 6.07) is 0. The van der Waals surface area contributed by atoms with Crippen molar-refractivity contribution in [3.63, 3.8) is 0 Å². The number of esters is 4. The molecule has 2 aliphatic heterocycles. The predicted octanol–water partition coefficient (Wildman–Crippen LogP) is -0.0741. The highest BCUT2D eigenvalue weighted by Crippen LogP contribution is 2.41. The molecule has 2 heterocycles. The zero-order chi connectivity index (χ0) is 18.3. The van der Waals surface area contributed by atoms with Crippen LogP contribution in [0.2, 0.25) is 0 Å². The molecule has 0 saturated heterocycles. The average Bonchev–Trinajstić information content (AvgIpc) is 3.00. The van der Waals surface area contributed by atoms with E-state index in [0.29, 0.717) is 12.8 Å². The second-order valence-corrected chi connectivity index (χ2v) is 6.39. The Balaban J connectivity index is 2.17. The van der Waals surface area contributed by atoms with Gasteiger partial charge in [-0.1, -0.05) is 13.3 Å². The molecule has 3 rings (SSSR count). The van der Waals surface area contributed by atoms with Gasteiger partial charge in [0.25, 0.3) is 0 Å². The Morgan fingerprint density at radius 3 is 2.16 bits per heavy atom. The summed E-state index contributed by atoms with van der Waals surface area (Å²) in [6.45, 7) is 1.36. The zero-order valence-electron chi connectivity index (χ0n) is 13.6. The third kappa shape index (κ3) is 2.81. The van der Waals surface area contributed by atoms with E-state index in [1.165, 1.54) is 0 Å². The van der Waals surface area contributed by atoms with E-state index < -0.39 is 48.4 Å². The van der Waals surface area contributed by atoms with E-state index in [0.717, 1.165) is 0 Å². The fourth-order valence-electron chi connectivity index (χ4n) is 3.77. The van der Waals surface area contributed by atoms with E-state index in [2.05, 4.69) is 9.47 Å². The van der Waals surface area contributed by atoms with Crippen molar-refractivity contribution in [1.82, 2.24) is 0 Å². The van der Waals surface area contributed by atoms with Gasteiger partial charge in [0.15, 0.2) is 0 Å². The van der Waals surface area contributed by atoms with Gasteiger partial charge in [0.05, 0.1) is 29.4 Å². The van der Waals surface area contributed by atoms with Crippen molar-refractivity contribution in [2.24, 2.45) is 11.8 Å². The van der Waals surface area contributed by atoms with Crippen molar-refractivity contribution in [1.29, 1.82) is 0 Å². The Labute approximate surface area is 143 Å². The molecule has 0 unspecified atom stereocenters. The lowest BCUT2D eigenvalue weighted by Crippen LogP contribution is -2.25. The summed E-state index contributed by atoms with van der Waals surface area (Å²) < 4.78 is 9.33. The standard InChI is InChI=1S/C17H18O8/c1-2-3-7-4-9-11(15(21)24-14(9)20)8(6-18)5-10(19)13-12(7)16(22)25-17(13)23/h7-8,10,18-19H,2-6H2,1H3/t7-,8+,10-/m1/s1. The van der Waals surface area contributed by atoms with Gasteiger partial charge in [0.1, 0.15) is 0 Å². The quantitative estimate of drug-likeness (QED) is 0.535. The molecule has 0 saturated carbocycles. The molecule has 0 bridgehead atoms. The summed E-state index contributed by atoms with van der Waals surface area (Å²) in [5, 5.41) is 20.1. The van der Waals surface area contributed by atoms with Gasteiger partial charge in [-0.15, -0.1) is 0 Å². The fraction of sp³-hybridized carbons (Fsp3) is 0.529. The van der Waals surface area contributed by atoms with Gasteiger partial charge in [-0.25, -0.2) is 19.2 Å². The number of carbonyl (C=O) groups excluding carboxylic acids is 4. The van der Waals surface area contributed by atoms with Crippen LogP contribution in [0.5, 0.6) is 0 Å². The number of aliphatic hydroxyl groups is 2. The first-order chi connectivity index (χ1) is 11.9. The Bertz CT molecular complexity index is 729. The maximum Gasteiger partial charge on any atom is 0.345 e. The van der Waals surface area contributed by atoms with Crippen LogP contribution >= 0.6 is 0 Å². The first-order valence-corrected chi connectivity index (χ1v) is 8.18. The van der Waals surface area contributed by atoms with Gasteiger partial charge in [0.2, 0.25) is 0 Å². The predicted molar refractivity (Wildman–Crippen MR) is 80.5 cm³/mol. The molecule has 8 heteroatoms. The Kier molecular flexibility index (Phi) is 4.57. The third-order valence-corrected chi connectivity index (χ3v) is 4.86. The van der Waals surface area contributed by atoms with Crippen LogP contribution in [0, 0.1) is 11.8 Å². The highest BCUT2D eigenvalue weighted by atomic mass is 16.6. The van der Waals surface area contributed by atoms with Crippen molar-refractivity contribution < 1.29 is 38.9 Å². The second kappa shape index (κ2) is 6.53. The highest BCUT2D eigenvalue weighted by molar-refractivity contribution is 6.15. The summed E-state index contributed by atoms with van der Waals surface area (Å²) >= 11 is 0. The van der Waals surface area contributed by atoms with E-state index in [9.17, 15) is 29.4 Å². The van der Waals surface area contributed by atoms with Crippen LogP contribution in [0.15, 0.2) is 22.3 Å². The molecule has 0 amide bonds. The fourth-order valence-corrected chi connectivity index (χ4v) is 3.77. The summed E-state index contributed by atoms with van der Waals surface area (Å²) in [4.78, 5) is 48.3. The van der Waals surface area contributed by atoms with Gasteiger partial charge in [-0.2, -0.15) is 0 Å². The molecule has 0 radical (unpaired) electrons. The van der Waals surface area contributed by atoms with Gasteiger partial charge in [-0.05, 0) is 25.2 Å². The van der Waals surface area contributed by atoms with Crippen molar-refractivity contribution >= 4 is 23.9 Å². The lowest BCUT2D eigenvalue weighted by molar-refractivity contribution is -0.153. The molecule has 2 N–H and O–H groups in total. The largest absolute Gasteiger partial charge is 0.396 e. The monoisotopic (exact) mass is 350 g/mol. The summed E-state index contributed by atoms with van der Waals surface area (Å²) in [6.07, 6.45) is -0.471. The van der Waals surface area contributed by atoms with Crippen LogP contribution in [0.25, 0.3) is 0 Å². The number of ether oxygens (including phenoxy) is 2. The number of carbonyl (C=O) groups is 4. The van der Waals surface area contributed by atoms with Gasteiger partial charge < -0.3 is 19.7 Å². The lowest BCUT2D eigenvalue weighted by Gasteiger charge is -2.18. The molecular weight excluding hydrogens is 332 g/mol. The summed E-state index contributed by atoms with van der Waals surface area (Å²) in [5.74, 6) is -4.84. The van der Waals surface area contributed by atoms with E-state index in [-0.39, 0.29) is 35.1 Å². The molecule has 8 nitrogen and oxygen atoms in total. The molecule has 0 aromatic carbocycles. The van der Waals surface area contributed by atoms with Gasteiger partial charge >= 0.3 is 23.9 Å². The molecule has 134 valence electrons. The Hall–Kier alpha value is -2.32. The molecule has 25 heavy (non-hydrogen) atoms. The van der Waals surface area contributed by atoms with E-state index in [1.807, 2.05) is 6.92 Å². The maximum absolute atomic E-state index is 12.2. The van der Waals surface area contributed by atoms with E-state index in [1.54, 1.807) is 0 Å². The van der Waals surface area contributed by atoms with Crippen molar-refractivity contribution in [3.05, 3.63) is 22.3 Å². The number of hydrogen-bond donors (Lipinski definition) is 2. The maximum atomic E-state index is 12.2. The van der Waals surface area contributed by atoms with Crippen molar-refractivity contribution in [2.75, 3.05) is 6.61 Å². The van der Waals surface area contributed by atoms with E-state index >= 15 is 0 Å². The number of rotatable bonds is 3. The molecule has 0 spiro atoms. The third-order valence-electron chi connectivity index (χ3n) is 4.86. The van der Waals surface area contributed by atoms with Crippen LogP contribution in [-0.2, 0) is 28.7 Å². The molecular formula is C17H18O8. The normalized spacial score (nSPS) is 29.8. The molecule has 0 aromatic rings. The minimum absolute atomic E-state index is 0.0121. The summed E-state index contributed by atoms with van der Waals surface area (Å²) in [5.41, 5.74) is 0.0334. The second-order valence-electron chi connectivity index (χ2n) is 6.39. The lowest BCUT2D eigenvalue weighted by atomic mass is 9.85. The molecule has 0 aromatic heterocycles. The zero-order valence-corrected chi connectivity index (χ0v) is 13.6. The van der Waals surface area contributed by atoms with Crippen LogP contribution in [0.1, 0.15) is 32.6 Å². The highest BCUT2D eigenvalue weighted by Gasteiger charge is 2.46. The number of cyclic esters (lactones) is 4. The van der Waals surface area contributed by atoms with E-state index in [4.69, 9.17) is 0 Å². The Morgan fingerprint density at radius 1 is 0.920 bits per heavy atom. The topological polar surface area (TPSA) is 127 Å². The number of hydrogen-bond acceptors (Lipinski definition) is 8. The van der Waals surface area contributed by atoms with Crippen molar-refractivity contribution in [3.8, 4) is 0 Å². The molecule has 0 fully saturated rings. The minimum Gasteiger partial charge on any atom is -0.396 e. The Morgan fingerprint density at radius 2 is 1.52 bits per heavy atom. The van der Waals surface area contributed by atoms with Gasteiger partial charge in [0, 0.05) is 11.5 Å². The average molecular weight is 350 g/mol. The van der Waals surface area contributed by atoms with Crippen LogP contribution in [-0.4, -0.2) is 46.8 Å². The van der Waals surface area contributed by atoms with Crippen molar-refractivity contribution in [2.45, 2.75) is 38.7 Å². The number of aliphatic hydroxyl groups excluding tert-OH is 2. The van der Waals surface area contributed by atoms with Crippen LogP contribution in [0.3, 0.4) is 0 Å². The first-order valence-electron chi connectivity index (χ1n) is 8.18. The van der Waals surface area contributed by atoms with Crippen LogP contribution < -0.4 is 0 Å². The molecule has 3 atom stereocenters. The van der Waals surface area contributed by atoms with Gasteiger partial charge in [-0.3, -0.25) is 0 Å². The first kappa shape index (κ1) is 17.5. The molecule has 1 aliphatic carbocycles. The van der Waals surface area contributed by atoms with Crippen LogP contribution in [0.4, 0.5) is 0 Å². The minimum atomic E-state index is -1.39. The summed E-state index contributed by atoms with van der Waals surface area (Å²) in [7, 11) is 0. The molecule has 3 aliphatic rings. The smallest absolute Gasteiger partial charge is 0.345 e.